The highest BCUT2D eigenvalue weighted by Gasteiger charge is 2.62. The van der Waals surface area contributed by atoms with Crippen LogP contribution in [-0.2, 0) is 96.5 Å². The number of benzene rings is 6. The van der Waals surface area contributed by atoms with Crippen molar-refractivity contribution in [2.24, 2.45) is 0 Å². The van der Waals surface area contributed by atoms with Crippen molar-refractivity contribution in [3.63, 3.8) is 0 Å². The molecule has 0 aromatic heterocycles. The summed E-state index contributed by atoms with van der Waals surface area (Å²) in [7, 11) is 0. The van der Waals surface area contributed by atoms with Crippen molar-refractivity contribution >= 4 is 0 Å². The van der Waals surface area contributed by atoms with Gasteiger partial charge in [-0.25, -0.2) is 0 Å². The first kappa shape index (κ1) is 94.4. The molecule has 36 rings (SSSR count). The van der Waals surface area contributed by atoms with Crippen LogP contribution in [0.4, 0.5) is 0 Å². The molecule has 40 nitrogen and oxygen atoms in total. The number of hydrogen-bond donors (Lipinski definition) is 22. The molecule has 6 aromatic carbocycles. The van der Waals surface area contributed by atoms with E-state index in [0.717, 1.165) is 0 Å². The fourth-order valence-electron chi connectivity index (χ4n) is 17.8. The second kappa shape index (κ2) is 41.2. The molecule has 6 aromatic rings. The maximum absolute atomic E-state index is 12.7. The molecule has 0 amide bonds. The van der Waals surface area contributed by atoms with Crippen LogP contribution in [0.15, 0.2) is 182 Å². The molecule has 30 fully saturated rings. The van der Waals surface area contributed by atoms with E-state index in [1.807, 2.05) is 0 Å². The number of rotatable bonds is 18. The topological polar surface area (TPSA) is 611 Å². The maximum atomic E-state index is 12.7. The molecule has 692 valence electrons. The van der Waals surface area contributed by atoms with Crippen LogP contribution < -0.4 is 0 Å². The Hall–Kier alpha value is -6.28. The average molecular weight is 1780 g/mol. The van der Waals surface area contributed by atoms with Gasteiger partial charge in [-0.15, -0.1) is 0 Å². The SMILES string of the molecule is OC[C@H]1O[C@@H]2O[C@H]3[C@H](O)[C@@H](O)[C@@H](O[C@H]4[C@H](O)[C@@H](O)[C@@H](O[C@H]5[C@H](O)[C@@H](O)[C@@H](O[C@H]6[C@H](O)[C@@H](O)[C@@H](O[C@H]7[C@@H](O)[C@@H](O)[C@@H](O[C@H]8[C@@H](O)[C@H](O)[C@@H](O[C@H]9[C@H](O)[C@@H](O)[C@@H](O[C@H]1[C@H](O)[C@@H]2O)O[C@@H]9COC(c1ccccc1)(c1ccccc1)c1ccccc1)O[C@@H]8CO)O[C@@H]7CO)O[C@@H]6CO)O[C@@H]5CO)O[C@@H]4CO)O[C@@H]3COC(c1ccccc1)(c1ccccc1)c1ccccc1. The van der Waals surface area contributed by atoms with E-state index in [1.54, 1.807) is 182 Å². The van der Waals surface area contributed by atoms with Gasteiger partial charge in [-0.2, -0.15) is 0 Å². The van der Waals surface area contributed by atoms with Crippen LogP contribution in [-0.4, -0.2) is 411 Å². The van der Waals surface area contributed by atoms with Crippen LogP contribution >= 0.6 is 0 Å². The Morgan fingerprint density at radius 3 is 0.437 bits per heavy atom. The molecule has 30 aliphatic rings. The molecule has 0 unspecified atom stereocenters. The van der Waals surface area contributed by atoms with E-state index >= 15 is 0 Å². The summed E-state index contributed by atoms with van der Waals surface area (Å²) in [5.74, 6) is 0. The molecule has 0 saturated carbocycles. The minimum absolute atomic E-state index is 0.539. The van der Waals surface area contributed by atoms with Crippen LogP contribution in [0.3, 0.4) is 0 Å². The smallest absolute Gasteiger partial charge is 0.187 e. The molecular formula is C86H108O40. The Labute approximate surface area is 719 Å². The number of hydrogen-bond acceptors (Lipinski definition) is 40. The highest BCUT2D eigenvalue weighted by Crippen LogP contribution is 2.47. The summed E-state index contributed by atoms with van der Waals surface area (Å²) in [6.07, 6.45) is -84.1. The van der Waals surface area contributed by atoms with Gasteiger partial charge >= 0.3 is 0 Å². The zero-order valence-electron chi connectivity index (χ0n) is 67.3. The van der Waals surface area contributed by atoms with Crippen molar-refractivity contribution < 1.29 is 198 Å². The van der Waals surface area contributed by atoms with Crippen LogP contribution in [0, 0.1) is 0 Å². The van der Waals surface area contributed by atoms with Crippen LogP contribution in [0.25, 0.3) is 0 Å². The standard InChI is InChI=1S/C86H108O40/c87-31-45-69-53(93)61(101)77(111-45)120-70-46(32-88)113-79(63(103)55(70)95)122-72-48(34-90)115-81(65(105)57(72)97)125-75-51(37-109-85(39-19-7-1-8-20-39,40-21-9-2-10-22-40)41-23-11-3-12-24-41)118-84(68(108)60(75)100)124-74-50(36-92)116-82(66(106)58(74)98)126-76-52(38-110-86(42-25-13-4-14-26-42,43-27-15-5-16-28-43)44-29-17-6-18-30-44)117-83(67(107)59(76)99)123-73-49(35-91)114-80(64(104)56(73)96)121-71-47(33-89)112-78(119-69)62(102)54(71)94/h1-30,45-84,87-108H,31-38H2/t45-,46-,47-,48-,49-,50-,51-,52-,53-,54-,55+,56-,57+,58-,59-,60-,61-,62-,63-,64-,65+,66+,67-,68-,69-,70-,71-,72-,73-,74-,75-,76-,77-,78-,79-,80-,81-,82-,83-,84-/m1/s1. The van der Waals surface area contributed by atoms with E-state index in [4.69, 9.17) is 85.3 Å². The van der Waals surface area contributed by atoms with Gasteiger partial charge in [0.05, 0.1) is 52.9 Å². The zero-order valence-corrected chi connectivity index (χ0v) is 67.3. The van der Waals surface area contributed by atoms with Gasteiger partial charge in [0.2, 0.25) is 0 Å². The maximum Gasteiger partial charge on any atom is 0.187 e. The molecule has 40 heteroatoms. The van der Waals surface area contributed by atoms with Crippen LogP contribution in [0.1, 0.15) is 33.4 Å². The quantitative estimate of drug-likeness (QED) is 0.0356. The third-order valence-corrected chi connectivity index (χ3v) is 24.5. The van der Waals surface area contributed by atoms with Crippen molar-refractivity contribution in [3.05, 3.63) is 215 Å². The summed E-state index contributed by atoms with van der Waals surface area (Å²) in [5, 5.41) is 259. The van der Waals surface area contributed by atoms with Gasteiger partial charge < -0.3 is 198 Å². The highest BCUT2D eigenvalue weighted by molar-refractivity contribution is 5.49. The van der Waals surface area contributed by atoms with Gasteiger partial charge in [0.15, 0.2) is 50.3 Å². The van der Waals surface area contributed by atoms with Gasteiger partial charge in [0, 0.05) is 0 Å². The van der Waals surface area contributed by atoms with E-state index < -0.39 is 310 Å². The number of aliphatic hydroxyl groups is 22. The highest BCUT2D eigenvalue weighted by atomic mass is 16.8. The minimum Gasteiger partial charge on any atom is -0.394 e. The Kier molecular flexibility index (Phi) is 30.9. The Bertz CT molecular complexity index is 3970. The summed E-state index contributed by atoms with van der Waals surface area (Å²) in [4.78, 5) is 0. The molecular weight excluding hydrogens is 1670 g/mol. The lowest BCUT2D eigenvalue weighted by atomic mass is 9.80. The lowest BCUT2D eigenvalue weighted by Crippen LogP contribution is -2.69. The Morgan fingerprint density at radius 2 is 0.302 bits per heavy atom. The Balaban J connectivity index is 0.778. The number of ether oxygens (including phenoxy) is 18. The normalized spacial score (nSPS) is 42.3. The van der Waals surface area contributed by atoms with E-state index in [0.29, 0.717) is 33.4 Å². The van der Waals surface area contributed by atoms with E-state index in [9.17, 15) is 112 Å². The zero-order chi connectivity index (χ0) is 89.2. The van der Waals surface area contributed by atoms with E-state index in [1.165, 1.54) is 0 Å². The molecule has 30 saturated heterocycles. The average Bonchev–Trinajstić information content (AvgIpc) is 0.751. The molecule has 30 heterocycles. The van der Waals surface area contributed by atoms with Crippen molar-refractivity contribution in [1.82, 2.24) is 0 Å². The largest absolute Gasteiger partial charge is 0.394 e. The molecule has 126 heavy (non-hydrogen) atoms. The lowest BCUT2D eigenvalue weighted by molar-refractivity contribution is -0.404. The molecule has 0 aliphatic carbocycles. The predicted molar refractivity (Wildman–Crippen MR) is 417 cm³/mol. The van der Waals surface area contributed by atoms with E-state index in [-0.39, 0.29) is 0 Å². The van der Waals surface area contributed by atoms with Gasteiger partial charge in [0.1, 0.15) is 207 Å². The first-order valence-corrected chi connectivity index (χ1v) is 41.5. The number of aliphatic hydroxyl groups excluding tert-OH is 22. The first-order chi connectivity index (χ1) is 60.8. The third kappa shape index (κ3) is 18.6. The van der Waals surface area contributed by atoms with Crippen molar-refractivity contribution in [3.8, 4) is 0 Å². The molecule has 0 radical (unpaired) electrons. The van der Waals surface area contributed by atoms with Crippen molar-refractivity contribution in [2.45, 2.75) is 257 Å². The van der Waals surface area contributed by atoms with Crippen LogP contribution in [0.5, 0.6) is 0 Å². The summed E-state index contributed by atoms with van der Waals surface area (Å²) < 4.78 is 112. The second-order valence-corrected chi connectivity index (χ2v) is 32.3. The lowest BCUT2D eigenvalue weighted by Gasteiger charge is -2.51. The summed E-state index contributed by atoms with van der Waals surface area (Å²) in [5.41, 5.74) is 0.0279. The summed E-state index contributed by atoms with van der Waals surface area (Å²) in [6, 6.07) is 53.1. The molecule has 16 bridgehead atoms. The van der Waals surface area contributed by atoms with Gasteiger partial charge in [-0.1, -0.05) is 182 Å². The van der Waals surface area contributed by atoms with Crippen molar-refractivity contribution in [1.29, 1.82) is 0 Å². The minimum atomic E-state index is -2.33. The van der Waals surface area contributed by atoms with E-state index in [2.05, 4.69) is 0 Å². The summed E-state index contributed by atoms with van der Waals surface area (Å²) in [6.45, 7) is -8.02. The molecule has 22 N–H and O–H groups in total. The van der Waals surface area contributed by atoms with Gasteiger partial charge in [-0.05, 0) is 33.4 Å². The van der Waals surface area contributed by atoms with Crippen molar-refractivity contribution in [2.75, 3.05) is 52.9 Å². The molecule has 40 atom stereocenters. The molecule has 0 spiro atoms. The second-order valence-electron chi connectivity index (χ2n) is 32.3. The summed E-state index contributed by atoms with van der Waals surface area (Å²) >= 11 is 0. The van der Waals surface area contributed by atoms with Gasteiger partial charge in [-0.3, -0.25) is 0 Å². The first-order valence-electron chi connectivity index (χ1n) is 41.5. The Morgan fingerprint density at radius 1 is 0.175 bits per heavy atom. The van der Waals surface area contributed by atoms with Crippen LogP contribution in [0.2, 0.25) is 0 Å². The fraction of sp³-hybridized carbons (Fsp3) is 0.581. The van der Waals surface area contributed by atoms with Gasteiger partial charge in [0.25, 0.3) is 0 Å². The fourth-order valence-corrected chi connectivity index (χ4v) is 17.8. The predicted octanol–water partition coefficient (Wildman–Crippen LogP) is -7.37. The third-order valence-electron chi connectivity index (χ3n) is 24.5. The monoisotopic (exact) mass is 1780 g/mol. The molecule has 30 aliphatic heterocycles.